The molecule has 0 aliphatic carbocycles. The van der Waals surface area contributed by atoms with Crippen molar-refractivity contribution in [1.29, 1.82) is 0 Å². The molecular weight excluding hydrogens is 354 g/mol. The number of furan rings is 1. The first kappa shape index (κ1) is 18.2. The lowest BCUT2D eigenvalue weighted by Crippen LogP contribution is -2.30. The van der Waals surface area contributed by atoms with Crippen LogP contribution in [0.1, 0.15) is 37.6 Å². The third-order valence-electron chi connectivity index (χ3n) is 4.02. The maximum atomic E-state index is 12.5. The van der Waals surface area contributed by atoms with E-state index in [1.165, 1.54) is 5.01 Å². The Balaban J connectivity index is 1.87. The zero-order chi connectivity index (χ0) is 18.9. The molecule has 1 aliphatic heterocycles. The molecule has 26 heavy (non-hydrogen) atoms. The number of rotatable bonds is 5. The molecule has 0 radical (unpaired) electrons. The highest BCUT2D eigenvalue weighted by atomic mass is 32.2. The number of sulfonamides is 1. The van der Waals surface area contributed by atoms with Gasteiger partial charge in [-0.05, 0) is 29.8 Å². The fourth-order valence-corrected chi connectivity index (χ4v) is 3.36. The van der Waals surface area contributed by atoms with Crippen molar-refractivity contribution in [2.24, 2.45) is 11.0 Å². The Bertz CT molecular complexity index is 916. The van der Waals surface area contributed by atoms with Crippen LogP contribution in [0.2, 0.25) is 0 Å². The summed E-state index contributed by atoms with van der Waals surface area (Å²) < 4.78 is 30.5. The van der Waals surface area contributed by atoms with E-state index in [0.29, 0.717) is 17.9 Å². The molecule has 2 aromatic rings. The van der Waals surface area contributed by atoms with Crippen LogP contribution in [-0.4, -0.2) is 31.3 Å². The average Bonchev–Trinajstić information content (AvgIpc) is 3.22. The van der Waals surface area contributed by atoms with E-state index in [0.717, 1.165) is 17.5 Å². The predicted octanol–water partition coefficient (Wildman–Crippen LogP) is 2.98. The molecule has 0 spiro atoms. The molecule has 1 atom stereocenters. The molecule has 0 saturated carbocycles. The van der Waals surface area contributed by atoms with Gasteiger partial charge in [-0.15, -0.1) is 0 Å². The van der Waals surface area contributed by atoms with Crippen LogP contribution in [0.25, 0.3) is 0 Å². The molecule has 1 amide bonds. The van der Waals surface area contributed by atoms with Gasteiger partial charge in [0, 0.05) is 18.0 Å². The Kier molecular flexibility index (Phi) is 4.86. The molecule has 1 aromatic carbocycles. The third kappa shape index (κ3) is 3.96. The van der Waals surface area contributed by atoms with Gasteiger partial charge in [0.05, 0.1) is 18.2 Å². The lowest BCUT2D eigenvalue weighted by molar-refractivity contribution is -0.136. The van der Waals surface area contributed by atoms with Gasteiger partial charge in [0.1, 0.15) is 11.8 Å². The summed E-state index contributed by atoms with van der Waals surface area (Å²) >= 11 is 0. The minimum absolute atomic E-state index is 0.0724. The largest absolute Gasteiger partial charge is 0.467 e. The molecule has 3 rings (SSSR count). The van der Waals surface area contributed by atoms with Gasteiger partial charge in [0.2, 0.25) is 15.9 Å². The van der Waals surface area contributed by atoms with Crippen LogP contribution < -0.4 is 4.72 Å². The van der Waals surface area contributed by atoms with Crippen molar-refractivity contribution in [3.63, 3.8) is 0 Å². The van der Waals surface area contributed by atoms with Crippen molar-refractivity contribution < 1.29 is 17.6 Å². The van der Waals surface area contributed by atoms with Crippen LogP contribution in [0.4, 0.5) is 5.69 Å². The highest BCUT2D eigenvalue weighted by Gasteiger charge is 2.35. The normalized spacial score (nSPS) is 17.5. The molecule has 0 saturated heterocycles. The van der Waals surface area contributed by atoms with Crippen LogP contribution in [-0.2, 0) is 14.8 Å². The average molecular weight is 375 g/mol. The number of amides is 1. The Hall–Kier alpha value is -2.61. The SMILES string of the molecule is CC(C)C(=O)N1N=C(c2ccc(NS(C)(=O)=O)cc2)C[C@@H]1c1ccco1. The first-order valence-corrected chi connectivity index (χ1v) is 10.2. The summed E-state index contributed by atoms with van der Waals surface area (Å²) in [6.07, 6.45) is 3.22. The molecule has 138 valence electrons. The first-order valence-electron chi connectivity index (χ1n) is 8.27. The van der Waals surface area contributed by atoms with E-state index < -0.39 is 10.0 Å². The van der Waals surface area contributed by atoms with E-state index in [1.54, 1.807) is 36.6 Å². The zero-order valence-electron chi connectivity index (χ0n) is 14.8. The van der Waals surface area contributed by atoms with Crippen LogP contribution in [0.15, 0.2) is 52.2 Å². The summed E-state index contributed by atoms with van der Waals surface area (Å²) in [4.78, 5) is 12.5. The summed E-state index contributed by atoms with van der Waals surface area (Å²) in [5, 5.41) is 6.01. The van der Waals surface area contributed by atoms with E-state index in [-0.39, 0.29) is 17.9 Å². The topological polar surface area (TPSA) is 92.0 Å². The molecule has 0 unspecified atom stereocenters. The van der Waals surface area contributed by atoms with Gasteiger partial charge >= 0.3 is 0 Å². The third-order valence-corrected chi connectivity index (χ3v) is 4.63. The lowest BCUT2D eigenvalue weighted by Gasteiger charge is -2.21. The highest BCUT2D eigenvalue weighted by Crippen LogP contribution is 2.34. The fourth-order valence-electron chi connectivity index (χ4n) is 2.80. The maximum Gasteiger partial charge on any atom is 0.245 e. The number of benzene rings is 1. The Morgan fingerprint density at radius 1 is 1.27 bits per heavy atom. The fraction of sp³-hybridized carbons (Fsp3) is 0.333. The van der Waals surface area contributed by atoms with Crippen LogP contribution >= 0.6 is 0 Å². The molecule has 0 fully saturated rings. The standard InChI is InChI=1S/C18H21N3O4S/c1-12(2)18(22)21-16(17-5-4-10-25-17)11-15(19-21)13-6-8-14(9-7-13)20-26(3,23)24/h4-10,12,16,20H,11H2,1-3H3/t16-/m1/s1. The second-order valence-corrected chi connectivity index (χ2v) is 8.32. The second kappa shape index (κ2) is 6.95. The van der Waals surface area contributed by atoms with Gasteiger partial charge in [0.15, 0.2) is 0 Å². The smallest absolute Gasteiger partial charge is 0.245 e. The minimum atomic E-state index is -3.32. The Labute approximate surface area is 152 Å². The molecule has 1 aromatic heterocycles. The Morgan fingerprint density at radius 3 is 2.50 bits per heavy atom. The van der Waals surface area contributed by atoms with E-state index in [1.807, 2.05) is 19.9 Å². The van der Waals surface area contributed by atoms with E-state index in [2.05, 4.69) is 9.82 Å². The van der Waals surface area contributed by atoms with E-state index in [9.17, 15) is 13.2 Å². The lowest BCUT2D eigenvalue weighted by atomic mass is 10.0. The number of hydrazone groups is 1. The minimum Gasteiger partial charge on any atom is -0.467 e. The molecular formula is C18H21N3O4S. The van der Waals surface area contributed by atoms with Crippen LogP contribution in [0, 0.1) is 5.92 Å². The van der Waals surface area contributed by atoms with Crippen LogP contribution in [0.5, 0.6) is 0 Å². The summed E-state index contributed by atoms with van der Waals surface area (Å²) in [7, 11) is -3.32. The summed E-state index contributed by atoms with van der Waals surface area (Å²) in [6, 6.07) is 10.3. The number of anilines is 1. The molecule has 0 bridgehead atoms. The molecule has 1 aliphatic rings. The molecule has 2 heterocycles. The number of hydrogen-bond donors (Lipinski definition) is 1. The predicted molar refractivity (Wildman–Crippen MR) is 99.2 cm³/mol. The van der Waals surface area contributed by atoms with Gasteiger partial charge in [-0.25, -0.2) is 13.4 Å². The summed E-state index contributed by atoms with van der Waals surface area (Å²) in [5.41, 5.74) is 2.07. The van der Waals surface area contributed by atoms with Crippen LogP contribution in [0.3, 0.4) is 0 Å². The Morgan fingerprint density at radius 2 is 1.96 bits per heavy atom. The van der Waals surface area contributed by atoms with Crippen molar-refractivity contribution in [2.75, 3.05) is 11.0 Å². The van der Waals surface area contributed by atoms with E-state index >= 15 is 0 Å². The quantitative estimate of drug-likeness (QED) is 0.869. The number of hydrogen-bond acceptors (Lipinski definition) is 5. The number of nitrogens with one attached hydrogen (secondary N) is 1. The van der Waals surface area contributed by atoms with Gasteiger partial charge in [-0.3, -0.25) is 9.52 Å². The molecule has 8 heteroatoms. The first-order chi connectivity index (χ1) is 12.2. The van der Waals surface area contributed by atoms with Gasteiger partial charge in [-0.1, -0.05) is 26.0 Å². The maximum absolute atomic E-state index is 12.5. The van der Waals surface area contributed by atoms with Crippen molar-refractivity contribution >= 4 is 27.3 Å². The second-order valence-electron chi connectivity index (χ2n) is 6.57. The summed E-state index contributed by atoms with van der Waals surface area (Å²) in [5.74, 6) is 0.432. The number of carbonyl (C=O) groups excluding carboxylic acids is 1. The van der Waals surface area contributed by atoms with Crippen molar-refractivity contribution in [3.05, 3.63) is 54.0 Å². The number of nitrogens with zero attached hydrogens (tertiary/aromatic N) is 2. The van der Waals surface area contributed by atoms with Gasteiger partial charge < -0.3 is 4.42 Å². The number of carbonyl (C=O) groups is 1. The zero-order valence-corrected chi connectivity index (χ0v) is 15.7. The van der Waals surface area contributed by atoms with Crippen molar-refractivity contribution in [2.45, 2.75) is 26.3 Å². The van der Waals surface area contributed by atoms with Gasteiger partial charge in [0.25, 0.3) is 0 Å². The highest BCUT2D eigenvalue weighted by molar-refractivity contribution is 7.92. The monoisotopic (exact) mass is 375 g/mol. The van der Waals surface area contributed by atoms with Crippen molar-refractivity contribution in [3.8, 4) is 0 Å². The molecule has 7 nitrogen and oxygen atoms in total. The van der Waals surface area contributed by atoms with Gasteiger partial charge in [-0.2, -0.15) is 5.10 Å². The van der Waals surface area contributed by atoms with E-state index in [4.69, 9.17) is 4.42 Å². The summed E-state index contributed by atoms with van der Waals surface area (Å²) in [6.45, 7) is 3.67. The molecule has 1 N–H and O–H groups in total. The van der Waals surface area contributed by atoms with Crippen molar-refractivity contribution in [1.82, 2.24) is 5.01 Å².